The van der Waals surface area contributed by atoms with E-state index >= 15 is 0 Å². The zero-order valence-electron chi connectivity index (χ0n) is 17.6. The second kappa shape index (κ2) is 9.08. The first-order valence-corrected chi connectivity index (χ1v) is 9.67. The van der Waals surface area contributed by atoms with Gasteiger partial charge in [-0.25, -0.2) is 19.6 Å². The van der Waals surface area contributed by atoms with Crippen LogP contribution in [0.2, 0.25) is 0 Å². The maximum absolute atomic E-state index is 11.8. The highest BCUT2D eigenvalue weighted by atomic mass is 16.8. The Morgan fingerprint density at radius 2 is 1.70 bits per heavy atom. The van der Waals surface area contributed by atoms with Crippen LogP contribution < -0.4 is 4.90 Å². The van der Waals surface area contributed by atoms with Crippen LogP contribution in [-0.2, 0) is 14.3 Å². The number of esters is 1. The molecule has 2 aromatic rings. The van der Waals surface area contributed by atoms with Gasteiger partial charge in [-0.05, 0) is 32.9 Å². The summed E-state index contributed by atoms with van der Waals surface area (Å²) in [6.45, 7) is 7.78. The molecule has 0 radical (unpaired) electrons. The molecule has 3 rings (SSSR count). The van der Waals surface area contributed by atoms with E-state index in [1.54, 1.807) is 56.4 Å². The van der Waals surface area contributed by atoms with Crippen LogP contribution in [0.1, 0.15) is 31.1 Å². The van der Waals surface area contributed by atoms with Crippen molar-refractivity contribution in [2.24, 2.45) is 0 Å². The molecule has 2 heterocycles. The van der Waals surface area contributed by atoms with Crippen LogP contribution in [0, 0.1) is 0 Å². The fraction of sp³-hybridized carbons (Fsp3) is 0.429. The average Bonchev–Trinajstić information content (AvgIpc) is 2.72. The minimum absolute atomic E-state index is 0.403. The lowest BCUT2D eigenvalue weighted by Gasteiger charge is -2.34. The SMILES string of the molecule is COC(=O)c1cccc(-c2ncc(N3CCN(OC(=O)OC(C)(C)C)CC3)cn2)c1. The van der Waals surface area contributed by atoms with Gasteiger partial charge in [0.25, 0.3) is 0 Å². The molecule has 1 aromatic carbocycles. The number of hydroxylamine groups is 2. The lowest BCUT2D eigenvalue weighted by Crippen LogP contribution is -2.47. The maximum Gasteiger partial charge on any atom is 0.528 e. The summed E-state index contributed by atoms with van der Waals surface area (Å²) < 4.78 is 9.92. The number of carbonyl (C=O) groups is 2. The summed E-state index contributed by atoms with van der Waals surface area (Å²) in [6, 6.07) is 6.99. The van der Waals surface area contributed by atoms with Gasteiger partial charge in [-0.1, -0.05) is 12.1 Å². The van der Waals surface area contributed by atoms with E-state index in [0.717, 1.165) is 11.3 Å². The van der Waals surface area contributed by atoms with E-state index in [-0.39, 0.29) is 0 Å². The van der Waals surface area contributed by atoms with E-state index in [1.807, 2.05) is 6.07 Å². The standard InChI is InChI=1S/C21H26N4O5/c1-21(2,3)29-20(27)30-25-10-8-24(9-11-25)17-13-22-18(23-14-17)15-6-5-7-16(12-15)19(26)28-4/h5-7,12-14H,8-11H2,1-4H3. The Bertz CT molecular complexity index is 887. The monoisotopic (exact) mass is 414 g/mol. The highest BCUT2D eigenvalue weighted by molar-refractivity contribution is 5.90. The second-order valence-electron chi connectivity index (χ2n) is 7.81. The molecule has 160 valence electrons. The highest BCUT2D eigenvalue weighted by Gasteiger charge is 2.24. The van der Waals surface area contributed by atoms with Gasteiger partial charge in [0.15, 0.2) is 5.82 Å². The van der Waals surface area contributed by atoms with E-state index in [2.05, 4.69) is 14.9 Å². The maximum atomic E-state index is 11.8. The first-order chi connectivity index (χ1) is 14.2. The summed E-state index contributed by atoms with van der Waals surface area (Å²) in [4.78, 5) is 39.7. The fourth-order valence-electron chi connectivity index (χ4n) is 2.95. The van der Waals surface area contributed by atoms with Crippen LogP contribution in [0.3, 0.4) is 0 Å². The smallest absolute Gasteiger partial charge is 0.465 e. The molecular weight excluding hydrogens is 388 g/mol. The van der Waals surface area contributed by atoms with E-state index in [0.29, 0.717) is 37.6 Å². The molecule has 9 nitrogen and oxygen atoms in total. The van der Waals surface area contributed by atoms with E-state index in [4.69, 9.17) is 14.3 Å². The summed E-state index contributed by atoms with van der Waals surface area (Å²) in [7, 11) is 1.35. The topological polar surface area (TPSA) is 94.1 Å². The van der Waals surface area contributed by atoms with Gasteiger partial charge < -0.3 is 19.2 Å². The average molecular weight is 414 g/mol. The van der Waals surface area contributed by atoms with Crippen molar-refractivity contribution in [3.05, 3.63) is 42.2 Å². The van der Waals surface area contributed by atoms with Crippen molar-refractivity contribution < 1.29 is 23.9 Å². The van der Waals surface area contributed by atoms with Gasteiger partial charge in [-0.2, -0.15) is 0 Å². The molecule has 0 amide bonds. The van der Waals surface area contributed by atoms with Gasteiger partial charge >= 0.3 is 12.1 Å². The predicted octanol–water partition coefficient (Wildman–Crippen LogP) is 2.92. The number of benzene rings is 1. The summed E-state index contributed by atoms with van der Waals surface area (Å²) in [5.74, 6) is 0.122. The number of hydrogen-bond donors (Lipinski definition) is 0. The third-order valence-corrected chi connectivity index (χ3v) is 4.38. The van der Waals surface area contributed by atoms with Crippen molar-refractivity contribution >= 4 is 17.8 Å². The lowest BCUT2D eigenvalue weighted by atomic mass is 10.1. The number of carbonyl (C=O) groups excluding carboxylic acids is 2. The Morgan fingerprint density at radius 3 is 2.30 bits per heavy atom. The molecule has 1 aromatic heterocycles. The molecule has 0 saturated carbocycles. The molecule has 1 fully saturated rings. The molecule has 0 unspecified atom stereocenters. The summed E-state index contributed by atoms with van der Waals surface area (Å²) in [6.07, 6.45) is 2.80. The van der Waals surface area contributed by atoms with Crippen molar-refractivity contribution in [1.82, 2.24) is 15.0 Å². The van der Waals surface area contributed by atoms with Crippen molar-refractivity contribution in [2.45, 2.75) is 26.4 Å². The van der Waals surface area contributed by atoms with Crippen LogP contribution in [0.4, 0.5) is 10.5 Å². The van der Waals surface area contributed by atoms with Gasteiger partial charge in [0.2, 0.25) is 0 Å². The number of methoxy groups -OCH3 is 1. The quantitative estimate of drug-likeness (QED) is 0.700. The number of nitrogens with zero attached hydrogens (tertiary/aromatic N) is 4. The molecule has 1 aliphatic rings. The van der Waals surface area contributed by atoms with E-state index in [1.165, 1.54) is 7.11 Å². The molecule has 0 aliphatic carbocycles. The van der Waals surface area contributed by atoms with Crippen LogP contribution in [0.15, 0.2) is 36.7 Å². The second-order valence-corrected chi connectivity index (χ2v) is 7.81. The van der Waals surface area contributed by atoms with Crippen molar-refractivity contribution in [2.75, 3.05) is 38.2 Å². The lowest BCUT2D eigenvalue weighted by molar-refractivity contribution is -0.144. The molecule has 0 spiro atoms. The van der Waals surface area contributed by atoms with Crippen LogP contribution in [0.25, 0.3) is 11.4 Å². The number of ether oxygens (including phenoxy) is 2. The third-order valence-electron chi connectivity index (χ3n) is 4.38. The molecule has 0 bridgehead atoms. The number of piperazine rings is 1. The van der Waals surface area contributed by atoms with Crippen LogP contribution in [0.5, 0.6) is 0 Å². The van der Waals surface area contributed by atoms with Gasteiger partial charge in [0.1, 0.15) is 5.60 Å². The summed E-state index contributed by atoms with van der Waals surface area (Å²) >= 11 is 0. The largest absolute Gasteiger partial charge is 0.528 e. The van der Waals surface area contributed by atoms with Gasteiger partial charge in [-0.3, -0.25) is 0 Å². The fourth-order valence-corrected chi connectivity index (χ4v) is 2.95. The zero-order chi connectivity index (χ0) is 21.7. The first kappa shape index (κ1) is 21.5. The molecule has 9 heteroatoms. The van der Waals surface area contributed by atoms with Crippen molar-refractivity contribution in [1.29, 1.82) is 0 Å². The molecule has 0 N–H and O–H groups in total. The Hall–Kier alpha value is -3.20. The predicted molar refractivity (Wildman–Crippen MR) is 110 cm³/mol. The highest BCUT2D eigenvalue weighted by Crippen LogP contribution is 2.20. The van der Waals surface area contributed by atoms with Gasteiger partial charge in [0, 0.05) is 18.7 Å². The number of rotatable bonds is 4. The molecule has 1 aliphatic heterocycles. The van der Waals surface area contributed by atoms with Crippen molar-refractivity contribution in [3.8, 4) is 11.4 Å². The van der Waals surface area contributed by atoms with E-state index in [9.17, 15) is 9.59 Å². The zero-order valence-corrected chi connectivity index (χ0v) is 17.6. The minimum Gasteiger partial charge on any atom is -0.465 e. The number of aromatic nitrogens is 2. The van der Waals surface area contributed by atoms with Crippen LogP contribution in [-0.4, -0.2) is 66.0 Å². The molecule has 1 saturated heterocycles. The Balaban J connectivity index is 1.58. The Morgan fingerprint density at radius 1 is 1.03 bits per heavy atom. The molecule has 0 atom stereocenters. The normalized spacial score (nSPS) is 14.9. The number of anilines is 1. The Labute approximate surface area is 175 Å². The Kier molecular flexibility index (Phi) is 6.51. The van der Waals surface area contributed by atoms with Gasteiger partial charge in [-0.15, -0.1) is 5.06 Å². The molecular formula is C21H26N4O5. The number of hydrogen-bond acceptors (Lipinski definition) is 9. The minimum atomic E-state index is -0.696. The summed E-state index contributed by atoms with van der Waals surface area (Å²) in [5, 5.41) is 1.60. The third kappa shape index (κ3) is 5.66. The van der Waals surface area contributed by atoms with Crippen molar-refractivity contribution in [3.63, 3.8) is 0 Å². The van der Waals surface area contributed by atoms with Gasteiger partial charge in [0.05, 0.1) is 43.8 Å². The van der Waals surface area contributed by atoms with E-state index < -0.39 is 17.7 Å². The molecule has 30 heavy (non-hydrogen) atoms. The van der Waals surface area contributed by atoms with Crippen LogP contribution >= 0.6 is 0 Å². The summed E-state index contributed by atoms with van der Waals surface area (Å²) in [5.41, 5.74) is 1.47. The first-order valence-electron chi connectivity index (χ1n) is 9.67.